The number of carbonyl (C=O) groups excluding carboxylic acids is 1. The fraction of sp³-hybridized carbons (Fsp3) is 0.364. The Labute approximate surface area is 106 Å². The molecule has 0 spiro atoms. The highest BCUT2D eigenvalue weighted by atomic mass is 32.2. The van der Waals surface area contributed by atoms with E-state index in [1.165, 1.54) is 0 Å². The largest absolute Gasteiger partial charge is 0.398 e. The summed E-state index contributed by atoms with van der Waals surface area (Å²) in [5, 5.41) is 0. The van der Waals surface area contributed by atoms with Gasteiger partial charge in [0.25, 0.3) is 0 Å². The zero-order chi connectivity index (χ0) is 13.8. The Bertz CT molecular complexity index is 528. The second-order valence-electron chi connectivity index (χ2n) is 4.15. The normalized spacial score (nSPS) is 13.2. The molecule has 1 aromatic rings. The van der Waals surface area contributed by atoms with Gasteiger partial charge in [-0.3, -0.25) is 4.79 Å². The van der Waals surface area contributed by atoms with Crippen molar-refractivity contribution in [3.05, 3.63) is 29.8 Å². The summed E-state index contributed by atoms with van der Waals surface area (Å²) in [6, 6.07) is 6.20. The SMILES string of the molecule is CC(CC(N)=O)NS(=O)(=O)Cc1ccccc1N. The molecule has 1 rings (SSSR count). The molecular formula is C11H17N3O3S. The highest BCUT2D eigenvalue weighted by Gasteiger charge is 2.17. The Morgan fingerprint density at radius 3 is 2.56 bits per heavy atom. The summed E-state index contributed by atoms with van der Waals surface area (Å²) >= 11 is 0. The molecule has 0 saturated carbocycles. The van der Waals surface area contributed by atoms with Gasteiger partial charge in [-0.2, -0.15) is 0 Å². The van der Waals surface area contributed by atoms with Crippen LogP contribution in [0.5, 0.6) is 0 Å². The van der Waals surface area contributed by atoms with Crippen molar-refractivity contribution in [1.82, 2.24) is 4.72 Å². The number of para-hydroxylation sites is 1. The van der Waals surface area contributed by atoms with Crippen LogP contribution in [0.2, 0.25) is 0 Å². The maximum absolute atomic E-state index is 11.8. The maximum atomic E-state index is 11.8. The zero-order valence-corrected chi connectivity index (χ0v) is 10.9. The number of amides is 1. The van der Waals surface area contributed by atoms with Gasteiger partial charge >= 0.3 is 0 Å². The molecule has 1 unspecified atom stereocenters. The Morgan fingerprint density at radius 2 is 2.00 bits per heavy atom. The number of hydrogen-bond acceptors (Lipinski definition) is 4. The van der Waals surface area contributed by atoms with E-state index in [1.807, 2.05) is 0 Å². The minimum atomic E-state index is -3.54. The average molecular weight is 271 g/mol. The van der Waals surface area contributed by atoms with Crippen LogP contribution in [0.4, 0.5) is 5.69 Å². The summed E-state index contributed by atoms with van der Waals surface area (Å²) in [7, 11) is -3.54. The van der Waals surface area contributed by atoms with Crippen molar-refractivity contribution in [2.45, 2.75) is 25.1 Å². The maximum Gasteiger partial charge on any atom is 0.219 e. The molecule has 18 heavy (non-hydrogen) atoms. The molecule has 1 aromatic carbocycles. The highest BCUT2D eigenvalue weighted by Crippen LogP contribution is 2.13. The molecule has 6 nitrogen and oxygen atoms in total. The Balaban J connectivity index is 2.71. The Hall–Kier alpha value is -1.60. The lowest BCUT2D eigenvalue weighted by molar-refractivity contribution is -0.118. The number of benzene rings is 1. The predicted octanol–water partition coefficient (Wildman–Crippen LogP) is -0.0479. The summed E-state index contributed by atoms with van der Waals surface area (Å²) in [6.07, 6.45) is -0.0382. The molecule has 5 N–H and O–H groups in total. The smallest absolute Gasteiger partial charge is 0.219 e. The van der Waals surface area contributed by atoms with Crippen LogP contribution in [0.15, 0.2) is 24.3 Å². The standard InChI is InChI=1S/C11H17N3O3S/c1-8(6-11(13)15)14-18(16,17)7-9-4-2-3-5-10(9)12/h2-5,8,14H,6-7,12H2,1H3,(H2,13,15). The third kappa shape index (κ3) is 4.72. The first-order chi connectivity index (χ1) is 8.30. The quantitative estimate of drug-likeness (QED) is 0.629. The number of nitrogens with one attached hydrogen (secondary N) is 1. The van der Waals surface area contributed by atoms with Crippen LogP contribution < -0.4 is 16.2 Å². The van der Waals surface area contributed by atoms with E-state index in [0.29, 0.717) is 11.3 Å². The van der Waals surface area contributed by atoms with Crippen molar-refractivity contribution >= 4 is 21.6 Å². The van der Waals surface area contributed by atoms with E-state index in [4.69, 9.17) is 11.5 Å². The number of rotatable bonds is 6. The number of nitrogens with two attached hydrogens (primary N) is 2. The molecule has 0 aliphatic rings. The van der Waals surface area contributed by atoms with Gasteiger partial charge in [0, 0.05) is 18.2 Å². The van der Waals surface area contributed by atoms with E-state index in [9.17, 15) is 13.2 Å². The van der Waals surface area contributed by atoms with Gasteiger partial charge in [0.2, 0.25) is 15.9 Å². The summed E-state index contributed by atoms with van der Waals surface area (Å²) in [4.78, 5) is 10.7. The molecule has 7 heteroatoms. The molecule has 100 valence electrons. The Morgan fingerprint density at radius 1 is 1.39 bits per heavy atom. The fourth-order valence-corrected chi connectivity index (χ4v) is 3.01. The third-order valence-electron chi connectivity index (χ3n) is 2.29. The molecule has 0 fully saturated rings. The summed E-state index contributed by atoms with van der Waals surface area (Å²) in [6.45, 7) is 1.58. The molecule has 1 atom stereocenters. The minimum absolute atomic E-state index is 0.0382. The van der Waals surface area contributed by atoms with E-state index in [0.717, 1.165) is 0 Å². The average Bonchev–Trinajstić information content (AvgIpc) is 2.18. The third-order valence-corrected chi connectivity index (χ3v) is 3.74. The zero-order valence-electron chi connectivity index (χ0n) is 10.1. The van der Waals surface area contributed by atoms with Gasteiger partial charge in [-0.05, 0) is 18.6 Å². The van der Waals surface area contributed by atoms with Gasteiger partial charge in [-0.15, -0.1) is 0 Å². The number of anilines is 1. The fourth-order valence-electron chi connectivity index (χ4n) is 1.56. The van der Waals surface area contributed by atoms with Crippen LogP contribution in [0, 0.1) is 0 Å². The van der Waals surface area contributed by atoms with Crippen molar-refractivity contribution < 1.29 is 13.2 Å². The second-order valence-corrected chi connectivity index (χ2v) is 5.90. The molecule has 0 saturated heterocycles. The lowest BCUT2D eigenvalue weighted by Crippen LogP contribution is -2.36. The predicted molar refractivity (Wildman–Crippen MR) is 69.9 cm³/mol. The summed E-state index contributed by atoms with van der Waals surface area (Å²) in [5.41, 5.74) is 11.6. The van der Waals surface area contributed by atoms with E-state index >= 15 is 0 Å². The van der Waals surface area contributed by atoms with E-state index in [2.05, 4.69) is 4.72 Å². The molecular weight excluding hydrogens is 254 g/mol. The van der Waals surface area contributed by atoms with Crippen LogP contribution in [0.3, 0.4) is 0 Å². The van der Waals surface area contributed by atoms with E-state index in [-0.39, 0.29) is 12.2 Å². The molecule has 1 amide bonds. The van der Waals surface area contributed by atoms with Crippen molar-refractivity contribution in [1.29, 1.82) is 0 Å². The first-order valence-corrected chi connectivity index (χ1v) is 7.07. The van der Waals surface area contributed by atoms with Crippen LogP contribution in [-0.2, 0) is 20.6 Å². The molecule has 0 radical (unpaired) electrons. The van der Waals surface area contributed by atoms with Crippen molar-refractivity contribution in [2.75, 3.05) is 5.73 Å². The summed E-state index contributed by atoms with van der Waals surface area (Å²) < 4.78 is 26.0. The van der Waals surface area contributed by atoms with Crippen molar-refractivity contribution in [2.24, 2.45) is 5.73 Å². The summed E-state index contributed by atoms with van der Waals surface area (Å²) in [5.74, 6) is -0.771. The van der Waals surface area contributed by atoms with E-state index < -0.39 is 22.0 Å². The monoisotopic (exact) mass is 271 g/mol. The second kappa shape index (κ2) is 5.83. The van der Waals surface area contributed by atoms with E-state index in [1.54, 1.807) is 31.2 Å². The van der Waals surface area contributed by atoms with Crippen molar-refractivity contribution in [3.8, 4) is 0 Å². The first-order valence-electron chi connectivity index (χ1n) is 5.42. The van der Waals surface area contributed by atoms with Gasteiger partial charge in [0.15, 0.2) is 0 Å². The molecule has 0 bridgehead atoms. The highest BCUT2D eigenvalue weighted by molar-refractivity contribution is 7.88. The first kappa shape index (κ1) is 14.5. The van der Waals surface area contributed by atoms with Crippen molar-refractivity contribution in [3.63, 3.8) is 0 Å². The van der Waals surface area contributed by atoms with Crippen LogP contribution in [-0.4, -0.2) is 20.4 Å². The molecule has 0 aliphatic carbocycles. The van der Waals surface area contributed by atoms with Gasteiger partial charge in [0.05, 0.1) is 5.75 Å². The number of carbonyl (C=O) groups is 1. The minimum Gasteiger partial charge on any atom is -0.398 e. The molecule has 0 heterocycles. The number of hydrogen-bond donors (Lipinski definition) is 3. The molecule has 0 aliphatic heterocycles. The van der Waals surface area contributed by atoms with Gasteiger partial charge in [-0.1, -0.05) is 18.2 Å². The van der Waals surface area contributed by atoms with Gasteiger partial charge in [0.1, 0.15) is 0 Å². The van der Waals surface area contributed by atoms with Crippen LogP contribution in [0.25, 0.3) is 0 Å². The Kier molecular flexibility index (Phi) is 4.69. The van der Waals surface area contributed by atoms with Gasteiger partial charge < -0.3 is 11.5 Å². The topological polar surface area (TPSA) is 115 Å². The van der Waals surface area contributed by atoms with Crippen LogP contribution in [0.1, 0.15) is 18.9 Å². The number of primary amides is 1. The molecule has 0 aromatic heterocycles. The lowest BCUT2D eigenvalue weighted by Gasteiger charge is -2.13. The number of nitrogen functional groups attached to an aromatic ring is 1. The van der Waals surface area contributed by atoms with Crippen LogP contribution >= 0.6 is 0 Å². The number of sulfonamides is 1. The van der Waals surface area contributed by atoms with Gasteiger partial charge in [-0.25, -0.2) is 13.1 Å². The lowest BCUT2D eigenvalue weighted by atomic mass is 10.2.